The van der Waals surface area contributed by atoms with E-state index in [1.165, 1.54) is 0 Å². The molecule has 0 aliphatic heterocycles. The van der Waals surface area contributed by atoms with Crippen molar-refractivity contribution in [3.05, 3.63) is 143 Å². The molecule has 36 heavy (non-hydrogen) atoms. The number of anilines is 2. The van der Waals surface area contributed by atoms with Crippen molar-refractivity contribution in [3.8, 4) is 0 Å². The molecule has 2 N–H and O–H groups in total. The predicted molar refractivity (Wildman–Crippen MR) is 147 cm³/mol. The Morgan fingerprint density at radius 3 is 1.36 bits per heavy atom. The Morgan fingerprint density at radius 2 is 0.944 bits per heavy atom. The Hall–Kier alpha value is -4.70. The number of carbonyl (C=O) groups excluding carboxylic acids is 2. The lowest BCUT2D eigenvalue weighted by Crippen LogP contribution is -2.24. The van der Waals surface area contributed by atoms with Gasteiger partial charge in [0.2, 0.25) is 0 Å². The van der Waals surface area contributed by atoms with Gasteiger partial charge in [-0.15, -0.1) is 0 Å². The van der Waals surface area contributed by atoms with Crippen LogP contribution in [0.15, 0.2) is 98.1 Å². The summed E-state index contributed by atoms with van der Waals surface area (Å²) in [5, 5.41) is 6.81. The topological polar surface area (TPSA) is 58.2 Å². The van der Waals surface area contributed by atoms with Crippen LogP contribution in [-0.4, -0.2) is 11.6 Å². The molecular weight excluding hydrogens is 444 g/mol. The summed E-state index contributed by atoms with van der Waals surface area (Å²) in [6.07, 6.45) is 3.62. The van der Waals surface area contributed by atoms with Crippen molar-refractivity contribution in [2.24, 2.45) is 0 Å². The van der Waals surface area contributed by atoms with Gasteiger partial charge < -0.3 is 10.6 Å². The van der Waals surface area contributed by atoms with Crippen LogP contribution in [0.25, 0.3) is 12.2 Å². The minimum Gasteiger partial charge on any atom is -0.380 e. The fourth-order valence-corrected chi connectivity index (χ4v) is 4.69. The maximum absolute atomic E-state index is 13.7. The first-order chi connectivity index (χ1) is 17.6. The molecule has 176 valence electrons. The zero-order chi connectivity index (χ0) is 25.1. The average Bonchev–Trinajstić information content (AvgIpc) is 2.93. The highest BCUT2D eigenvalue weighted by Crippen LogP contribution is 2.37. The van der Waals surface area contributed by atoms with E-state index in [1.807, 2.05) is 72.8 Å². The second-order valence-corrected chi connectivity index (χ2v) is 8.63. The van der Waals surface area contributed by atoms with E-state index >= 15 is 0 Å². The molecule has 0 amide bonds. The summed E-state index contributed by atoms with van der Waals surface area (Å²) in [4.78, 5) is 27.4. The fraction of sp³-hybridized carbons (Fsp3) is 0.0625. The number of carbonyl (C=O) groups is 2. The zero-order valence-corrected chi connectivity index (χ0v) is 19.9. The van der Waals surface area contributed by atoms with Crippen LogP contribution in [-0.2, 0) is 13.1 Å². The normalized spacial score (nSPS) is 11.9. The molecule has 1 aliphatic rings. The highest BCUT2D eigenvalue weighted by atomic mass is 16.1. The van der Waals surface area contributed by atoms with E-state index in [4.69, 9.17) is 0 Å². The molecule has 1 aliphatic carbocycles. The van der Waals surface area contributed by atoms with Crippen LogP contribution >= 0.6 is 0 Å². The molecule has 0 bridgehead atoms. The molecule has 4 aromatic carbocycles. The number of nitrogens with one attached hydrogen (secondary N) is 2. The third-order valence-electron chi connectivity index (χ3n) is 6.56. The van der Waals surface area contributed by atoms with Crippen LogP contribution in [0.3, 0.4) is 0 Å². The number of ketones is 2. The Labute approximate surface area is 211 Å². The van der Waals surface area contributed by atoms with Crippen molar-refractivity contribution in [2.45, 2.75) is 13.1 Å². The minimum atomic E-state index is -0.158. The first-order valence-electron chi connectivity index (χ1n) is 11.9. The van der Waals surface area contributed by atoms with E-state index in [1.54, 1.807) is 24.3 Å². The predicted octanol–water partition coefficient (Wildman–Crippen LogP) is 6.97. The number of rotatable bonds is 8. The first kappa shape index (κ1) is 23.1. The van der Waals surface area contributed by atoms with Gasteiger partial charge >= 0.3 is 0 Å². The van der Waals surface area contributed by atoms with E-state index in [-0.39, 0.29) is 11.6 Å². The summed E-state index contributed by atoms with van der Waals surface area (Å²) >= 11 is 0. The van der Waals surface area contributed by atoms with E-state index < -0.39 is 0 Å². The Balaban J connectivity index is 1.55. The third kappa shape index (κ3) is 4.14. The van der Waals surface area contributed by atoms with Crippen LogP contribution in [0, 0.1) is 0 Å². The summed E-state index contributed by atoms with van der Waals surface area (Å²) in [5.41, 5.74) is 7.07. The molecule has 0 fully saturated rings. The van der Waals surface area contributed by atoms with Crippen LogP contribution in [0.5, 0.6) is 0 Å². The summed E-state index contributed by atoms with van der Waals surface area (Å²) < 4.78 is 0. The van der Waals surface area contributed by atoms with E-state index in [0.29, 0.717) is 46.7 Å². The molecule has 4 nitrogen and oxygen atoms in total. The van der Waals surface area contributed by atoms with E-state index in [9.17, 15) is 9.59 Å². The Kier molecular flexibility index (Phi) is 6.33. The molecule has 0 atom stereocenters. The molecule has 0 radical (unpaired) electrons. The standard InChI is InChI=1S/C32H26N2O2/c1-3-21-11-5-7-13-23(21)19-33-27-17-18-28(34-20-24-14-8-6-12-22(24)4-2)30-29(27)31(35)25-15-9-10-16-26(25)32(30)36/h3-18,33-34H,1-2,19-20H2. The maximum Gasteiger partial charge on any atom is 0.196 e. The Morgan fingerprint density at radius 1 is 0.556 bits per heavy atom. The average molecular weight is 471 g/mol. The molecule has 4 heteroatoms. The van der Waals surface area contributed by atoms with Gasteiger partial charge in [0.05, 0.1) is 11.1 Å². The number of hydrogen-bond acceptors (Lipinski definition) is 4. The molecule has 0 heterocycles. The minimum absolute atomic E-state index is 0.158. The van der Waals surface area contributed by atoms with Gasteiger partial charge in [0.25, 0.3) is 0 Å². The molecule has 0 unspecified atom stereocenters. The first-order valence-corrected chi connectivity index (χ1v) is 11.9. The van der Waals surface area contributed by atoms with Gasteiger partial charge in [0.1, 0.15) is 0 Å². The molecule has 4 aromatic rings. The van der Waals surface area contributed by atoms with Gasteiger partial charge in [0.15, 0.2) is 11.6 Å². The monoisotopic (exact) mass is 470 g/mol. The summed E-state index contributed by atoms with van der Waals surface area (Å²) in [6.45, 7) is 8.78. The highest BCUT2D eigenvalue weighted by molar-refractivity contribution is 6.31. The summed E-state index contributed by atoms with van der Waals surface area (Å²) in [7, 11) is 0. The molecule has 0 saturated heterocycles. The molecule has 0 spiro atoms. The van der Waals surface area contributed by atoms with Crippen LogP contribution < -0.4 is 10.6 Å². The lowest BCUT2D eigenvalue weighted by Gasteiger charge is -2.24. The number of fused-ring (bicyclic) bond motifs is 2. The summed E-state index contributed by atoms with van der Waals surface area (Å²) in [6, 6.07) is 26.7. The third-order valence-corrected chi connectivity index (χ3v) is 6.56. The lowest BCUT2D eigenvalue weighted by atomic mass is 9.82. The molecular formula is C32H26N2O2. The van der Waals surface area contributed by atoms with Crippen LogP contribution in [0.1, 0.15) is 54.1 Å². The highest BCUT2D eigenvalue weighted by Gasteiger charge is 2.33. The van der Waals surface area contributed by atoms with Crippen molar-refractivity contribution in [2.75, 3.05) is 10.6 Å². The fourth-order valence-electron chi connectivity index (χ4n) is 4.69. The largest absolute Gasteiger partial charge is 0.380 e. The van der Waals surface area contributed by atoms with Gasteiger partial charge in [-0.05, 0) is 34.4 Å². The Bertz CT molecular complexity index is 1400. The number of hydrogen-bond donors (Lipinski definition) is 2. The van der Waals surface area contributed by atoms with Crippen LogP contribution in [0.4, 0.5) is 11.4 Å². The SMILES string of the molecule is C=Cc1ccccc1CNc1ccc(NCc2ccccc2C=C)c2c1C(=O)c1ccccc1C2=O. The molecule has 5 rings (SSSR count). The zero-order valence-electron chi connectivity index (χ0n) is 19.9. The second kappa shape index (κ2) is 9.88. The molecule has 0 aromatic heterocycles. The van der Waals surface area contributed by atoms with Gasteiger partial charge in [0, 0.05) is 35.6 Å². The van der Waals surface area contributed by atoms with Crippen molar-refractivity contribution in [1.82, 2.24) is 0 Å². The van der Waals surface area contributed by atoms with Crippen molar-refractivity contribution in [3.63, 3.8) is 0 Å². The van der Waals surface area contributed by atoms with Crippen molar-refractivity contribution in [1.29, 1.82) is 0 Å². The van der Waals surface area contributed by atoms with Crippen molar-refractivity contribution >= 4 is 35.1 Å². The lowest BCUT2D eigenvalue weighted by molar-refractivity contribution is 0.0980. The quantitative estimate of drug-likeness (QED) is 0.257. The van der Waals surface area contributed by atoms with E-state index in [0.717, 1.165) is 22.3 Å². The van der Waals surface area contributed by atoms with E-state index in [2.05, 4.69) is 23.8 Å². The smallest absolute Gasteiger partial charge is 0.196 e. The van der Waals surface area contributed by atoms with Crippen LogP contribution in [0.2, 0.25) is 0 Å². The maximum atomic E-state index is 13.7. The van der Waals surface area contributed by atoms with Gasteiger partial charge in [-0.25, -0.2) is 0 Å². The van der Waals surface area contributed by atoms with Gasteiger partial charge in [-0.1, -0.05) is 98.1 Å². The summed E-state index contributed by atoms with van der Waals surface area (Å²) in [5.74, 6) is -0.315. The van der Waals surface area contributed by atoms with Crippen molar-refractivity contribution < 1.29 is 9.59 Å². The second-order valence-electron chi connectivity index (χ2n) is 8.63. The molecule has 0 saturated carbocycles. The number of benzene rings is 4. The van der Waals surface area contributed by atoms with Gasteiger partial charge in [-0.2, -0.15) is 0 Å². The van der Waals surface area contributed by atoms with Gasteiger partial charge in [-0.3, -0.25) is 9.59 Å².